The molecule has 0 saturated heterocycles. The van der Waals surface area contributed by atoms with Crippen LogP contribution in [0, 0.1) is 0 Å². The minimum Gasteiger partial charge on any atom is -0.396 e. The van der Waals surface area contributed by atoms with E-state index >= 15 is 0 Å². The zero-order valence-corrected chi connectivity index (χ0v) is 10.9. The van der Waals surface area contributed by atoms with Gasteiger partial charge in [0, 0.05) is 18.7 Å². The summed E-state index contributed by atoms with van der Waals surface area (Å²) in [5.74, 6) is -0.454. The molecule has 0 unspecified atom stereocenters. The molecule has 0 heterocycles. The second-order valence-electron chi connectivity index (χ2n) is 4.18. The minimum atomic E-state index is -0.254. The van der Waals surface area contributed by atoms with E-state index in [0.29, 0.717) is 12.1 Å². The van der Waals surface area contributed by atoms with Gasteiger partial charge in [0.25, 0.3) is 5.91 Å². The third kappa shape index (κ3) is 6.57. The number of hydrogen-bond acceptors (Lipinski definition) is 3. The van der Waals surface area contributed by atoms with Gasteiger partial charge in [-0.05, 0) is 31.4 Å². The van der Waals surface area contributed by atoms with Crippen molar-refractivity contribution in [3.63, 3.8) is 0 Å². The first-order valence-corrected chi connectivity index (χ1v) is 6.45. The van der Waals surface area contributed by atoms with E-state index in [-0.39, 0.29) is 25.0 Å². The van der Waals surface area contributed by atoms with Crippen LogP contribution in [0.1, 0.15) is 29.6 Å². The van der Waals surface area contributed by atoms with Gasteiger partial charge in [0.15, 0.2) is 0 Å². The highest BCUT2D eigenvalue weighted by atomic mass is 16.3. The van der Waals surface area contributed by atoms with Gasteiger partial charge in [0.05, 0.1) is 6.54 Å². The molecule has 5 heteroatoms. The van der Waals surface area contributed by atoms with E-state index in [1.54, 1.807) is 24.3 Å². The fourth-order valence-electron chi connectivity index (χ4n) is 1.56. The molecule has 0 aliphatic carbocycles. The van der Waals surface area contributed by atoms with Crippen molar-refractivity contribution < 1.29 is 14.7 Å². The molecular formula is C14H20N2O3. The lowest BCUT2D eigenvalue weighted by atomic mass is 10.2. The Balaban J connectivity index is 2.15. The second-order valence-corrected chi connectivity index (χ2v) is 4.18. The Labute approximate surface area is 113 Å². The maximum atomic E-state index is 11.6. The highest BCUT2D eigenvalue weighted by Gasteiger charge is 2.06. The van der Waals surface area contributed by atoms with Gasteiger partial charge < -0.3 is 15.7 Å². The fraction of sp³-hybridized carbons (Fsp3) is 0.429. The summed E-state index contributed by atoms with van der Waals surface area (Å²) >= 11 is 0. The second kappa shape index (κ2) is 9.10. The number of carbonyl (C=O) groups is 2. The third-order valence-electron chi connectivity index (χ3n) is 2.60. The lowest BCUT2D eigenvalue weighted by molar-refractivity contribution is -0.120. The predicted molar refractivity (Wildman–Crippen MR) is 72.7 cm³/mol. The number of rotatable bonds is 8. The van der Waals surface area contributed by atoms with Crippen LogP contribution in [0.4, 0.5) is 0 Å². The van der Waals surface area contributed by atoms with Crippen molar-refractivity contribution in [1.29, 1.82) is 0 Å². The number of nitrogens with one attached hydrogen (secondary N) is 2. The average molecular weight is 264 g/mol. The molecule has 3 N–H and O–H groups in total. The van der Waals surface area contributed by atoms with Gasteiger partial charge in [-0.2, -0.15) is 0 Å². The summed E-state index contributed by atoms with van der Waals surface area (Å²) < 4.78 is 0. The SMILES string of the molecule is O=C(CNC(=O)c1ccccc1)NCCCCCO. The lowest BCUT2D eigenvalue weighted by Gasteiger charge is -2.06. The van der Waals surface area contributed by atoms with Gasteiger partial charge in [-0.25, -0.2) is 0 Å². The van der Waals surface area contributed by atoms with Crippen molar-refractivity contribution >= 4 is 11.8 Å². The molecule has 0 aliphatic rings. The van der Waals surface area contributed by atoms with E-state index in [2.05, 4.69) is 10.6 Å². The Morgan fingerprint density at radius 3 is 2.42 bits per heavy atom. The highest BCUT2D eigenvalue weighted by Crippen LogP contribution is 1.97. The van der Waals surface area contributed by atoms with Gasteiger partial charge in [-0.3, -0.25) is 9.59 Å². The molecule has 0 saturated carbocycles. The Kier molecular flexibility index (Phi) is 7.27. The monoisotopic (exact) mass is 264 g/mol. The Morgan fingerprint density at radius 1 is 1.00 bits per heavy atom. The largest absolute Gasteiger partial charge is 0.396 e. The van der Waals surface area contributed by atoms with Crippen LogP contribution in [0.2, 0.25) is 0 Å². The fourth-order valence-corrected chi connectivity index (χ4v) is 1.56. The average Bonchev–Trinajstić information content (AvgIpc) is 2.45. The lowest BCUT2D eigenvalue weighted by Crippen LogP contribution is -2.37. The quantitative estimate of drug-likeness (QED) is 0.605. The van der Waals surface area contributed by atoms with Crippen molar-refractivity contribution in [3.05, 3.63) is 35.9 Å². The van der Waals surface area contributed by atoms with Crippen LogP contribution in [-0.2, 0) is 4.79 Å². The Hall–Kier alpha value is -1.88. The topological polar surface area (TPSA) is 78.4 Å². The number of carbonyl (C=O) groups excluding carboxylic acids is 2. The molecule has 104 valence electrons. The van der Waals surface area contributed by atoms with Crippen LogP contribution in [0.15, 0.2) is 30.3 Å². The summed E-state index contributed by atoms with van der Waals surface area (Å²) in [6, 6.07) is 8.77. The summed E-state index contributed by atoms with van der Waals surface area (Å²) in [5, 5.41) is 13.9. The first-order valence-electron chi connectivity index (χ1n) is 6.45. The molecule has 0 aromatic heterocycles. The van der Waals surface area contributed by atoms with E-state index in [1.807, 2.05) is 6.07 Å². The number of aliphatic hydroxyl groups excluding tert-OH is 1. The van der Waals surface area contributed by atoms with Gasteiger partial charge in [0.2, 0.25) is 5.91 Å². The van der Waals surface area contributed by atoms with Crippen LogP contribution in [-0.4, -0.2) is 36.6 Å². The summed E-state index contributed by atoms with van der Waals surface area (Å²) in [5.41, 5.74) is 0.540. The van der Waals surface area contributed by atoms with Gasteiger partial charge >= 0.3 is 0 Å². The van der Waals surface area contributed by atoms with Gasteiger partial charge in [-0.1, -0.05) is 18.2 Å². The van der Waals surface area contributed by atoms with Crippen molar-refractivity contribution in [2.75, 3.05) is 19.7 Å². The molecule has 0 spiro atoms. The maximum Gasteiger partial charge on any atom is 0.251 e. The van der Waals surface area contributed by atoms with Gasteiger partial charge in [-0.15, -0.1) is 0 Å². The van der Waals surface area contributed by atoms with E-state index in [4.69, 9.17) is 5.11 Å². The molecule has 2 amide bonds. The number of amides is 2. The number of unbranched alkanes of at least 4 members (excludes halogenated alkanes) is 2. The number of aliphatic hydroxyl groups is 1. The molecule has 0 atom stereocenters. The van der Waals surface area contributed by atoms with E-state index in [9.17, 15) is 9.59 Å². The summed E-state index contributed by atoms with van der Waals surface area (Å²) in [6.45, 7) is 0.731. The van der Waals surface area contributed by atoms with Crippen molar-refractivity contribution in [2.24, 2.45) is 0 Å². The zero-order chi connectivity index (χ0) is 13.9. The molecule has 19 heavy (non-hydrogen) atoms. The molecule has 1 rings (SSSR count). The van der Waals surface area contributed by atoms with Crippen molar-refractivity contribution in [2.45, 2.75) is 19.3 Å². The van der Waals surface area contributed by atoms with Crippen LogP contribution in [0.25, 0.3) is 0 Å². The van der Waals surface area contributed by atoms with Crippen LogP contribution in [0.5, 0.6) is 0 Å². The summed E-state index contributed by atoms with van der Waals surface area (Å²) in [7, 11) is 0. The summed E-state index contributed by atoms with van der Waals surface area (Å²) in [6.07, 6.45) is 2.46. The van der Waals surface area contributed by atoms with E-state index in [1.165, 1.54) is 0 Å². The van der Waals surface area contributed by atoms with Crippen molar-refractivity contribution in [3.8, 4) is 0 Å². The smallest absolute Gasteiger partial charge is 0.251 e. The minimum absolute atomic E-state index is 0.0201. The molecule has 0 aliphatic heterocycles. The number of benzene rings is 1. The molecule has 5 nitrogen and oxygen atoms in total. The van der Waals surface area contributed by atoms with Crippen LogP contribution in [0.3, 0.4) is 0 Å². The molecule has 1 aromatic carbocycles. The van der Waals surface area contributed by atoms with E-state index in [0.717, 1.165) is 19.3 Å². The Morgan fingerprint density at radius 2 is 1.74 bits per heavy atom. The van der Waals surface area contributed by atoms with Crippen molar-refractivity contribution in [1.82, 2.24) is 10.6 Å². The molecule has 0 radical (unpaired) electrons. The number of hydrogen-bond donors (Lipinski definition) is 3. The highest BCUT2D eigenvalue weighted by molar-refractivity contribution is 5.96. The van der Waals surface area contributed by atoms with E-state index < -0.39 is 0 Å². The molecule has 0 fully saturated rings. The summed E-state index contributed by atoms with van der Waals surface area (Å²) in [4.78, 5) is 23.1. The first kappa shape index (κ1) is 15.2. The molecular weight excluding hydrogens is 244 g/mol. The zero-order valence-electron chi connectivity index (χ0n) is 10.9. The Bertz CT molecular complexity index is 393. The van der Waals surface area contributed by atoms with Crippen LogP contribution >= 0.6 is 0 Å². The standard InChI is InChI=1S/C14H20N2O3/c17-10-6-2-5-9-15-13(18)11-16-14(19)12-7-3-1-4-8-12/h1,3-4,7-8,17H,2,5-6,9-11H2,(H,15,18)(H,16,19). The maximum absolute atomic E-state index is 11.6. The third-order valence-corrected chi connectivity index (χ3v) is 2.60. The normalized spacial score (nSPS) is 9.95. The molecule has 1 aromatic rings. The van der Waals surface area contributed by atoms with Gasteiger partial charge in [0.1, 0.15) is 0 Å². The predicted octanol–water partition coefficient (Wildman–Crippen LogP) is 0.695. The molecule has 0 bridgehead atoms. The van der Waals surface area contributed by atoms with Crippen LogP contribution < -0.4 is 10.6 Å². The first-order chi connectivity index (χ1) is 9.24.